The van der Waals surface area contributed by atoms with Gasteiger partial charge in [0.05, 0.1) is 12.8 Å². The van der Waals surface area contributed by atoms with Gasteiger partial charge in [-0.2, -0.15) is 0 Å². The number of amides is 1. The average Bonchev–Trinajstić information content (AvgIpc) is 2.89. The summed E-state index contributed by atoms with van der Waals surface area (Å²) < 4.78 is 17.7. The van der Waals surface area contributed by atoms with Gasteiger partial charge in [0.2, 0.25) is 0 Å². The highest BCUT2D eigenvalue weighted by atomic mass is 35.5. The summed E-state index contributed by atoms with van der Waals surface area (Å²) in [5, 5.41) is 3.41. The maximum atomic E-state index is 13.3. The zero-order valence-corrected chi connectivity index (χ0v) is 22.1. The number of carbonyl (C=O) groups is 1. The van der Waals surface area contributed by atoms with Crippen molar-refractivity contribution in [3.63, 3.8) is 0 Å². The van der Waals surface area contributed by atoms with E-state index >= 15 is 0 Å². The SMILES string of the molecule is COc1ccc(C(=O)Nc2cc(Cl)ccc2Oc2ccccc2)cc1COc1ccccc1C(C)(C)C. The maximum Gasteiger partial charge on any atom is 0.255 e. The lowest BCUT2D eigenvalue weighted by atomic mass is 9.86. The number of rotatable bonds is 8. The molecular weight excluding hydrogens is 486 g/mol. The number of carbonyl (C=O) groups excluding carboxylic acids is 1. The van der Waals surface area contributed by atoms with Crippen LogP contribution >= 0.6 is 11.6 Å². The van der Waals surface area contributed by atoms with Crippen LogP contribution in [0.15, 0.2) is 91.0 Å². The average molecular weight is 516 g/mol. The summed E-state index contributed by atoms with van der Waals surface area (Å²) in [6.07, 6.45) is 0. The molecule has 0 heterocycles. The molecule has 6 heteroatoms. The van der Waals surface area contributed by atoms with Gasteiger partial charge in [-0.05, 0) is 65.6 Å². The Hall–Kier alpha value is -3.96. The molecule has 0 atom stereocenters. The van der Waals surface area contributed by atoms with E-state index in [-0.39, 0.29) is 17.9 Å². The van der Waals surface area contributed by atoms with Crippen molar-refractivity contribution >= 4 is 23.2 Å². The summed E-state index contributed by atoms with van der Waals surface area (Å²) in [4.78, 5) is 13.3. The molecule has 4 rings (SSSR count). The van der Waals surface area contributed by atoms with Crippen LogP contribution in [0.25, 0.3) is 0 Å². The Labute approximate surface area is 223 Å². The van der Waals surface area contributed by atoms with Crippen molar-refractivity contribution in [3.05, 3.63) is 113 Å². The molecule has 0 aliphatic carbocycles. The van der Waals surface area contributed by atoms with Gasteiger partial charge >= 0.3 is 0 Å². The molecule has 37 heavy (non-hydrogen) atoms. The fraction of sp³-hybridized carbons (Fsp3) is 0.194. The van der Waals surface area contributed by atoms with E-state index in [1.54, 1.807) is 43.5 Å². The van der Waals surface area contributed by atoms with E-state index in [4.69, 9.17) is 25.8 Å². The molecule has 190 valence electrons. The molecule has 0 fully saturated rings. The molecule has 0 aromatic heterocycles. The monoisotopic (exact) mass is 515 g/mol. The van der Waals surface area contributed by atoms with Gasteiger partial charge in [-0.1, -0.05) is 68.8 Å². The predicted molar refractivity (Wildman–Crippen MR) is 148 cm³/mol. The smallest absolute Gasteiger partial charge is 0.255 e. The molecule has 1 amide bonds. The number of methoxy groups -OCH3 is 1. The molecule has 0 saturated heterocycles. The molecule has 0 bridgehead atoms. The third-order valence-electron chi connectivity index (χ3n) is 5.78. The van der Waals surface area contributed by atoms with Crippen LogP contribution in [0.1, 0.15) is 42.3 Å². The summed E-state index contributed by atoms with van der Waals surface area (Å²) in [5.41, 5.74) is 2.71. The zero-order chi connectivity index (χ0) is 26.4. The highest BCUT2D eigenvalue weighted by molar-refractivity contribution is 6.31. The number of benzene rings is 4. The van der Waals surface area contributed by atoms with Gasteiger partial charge in [0.15, 0.2) is 5.75 Å². The summed E-state index contributed by atoms with van der Waals surface area (Å²) >= 11 is 6.22. The van der Waals surface area contributed by atoms with Crippen molar-refractivity contribution in [1.29, 1.82) is 0 Å². The number of halogens is 1. The summed E-state index contributed by atoms with van der Waals surface area (Å²) in [6, 6.07) is 27.7. The fourth-order valence-electron chi connectivity index (χ4n) is 3.90. The third-order valence-corrected chi connectivity index (χ3v) is 6.02. The molecular formula is C31H30ClNO4. The number of ether oxygens (including phenoxy) is 3. The van der Waals surface area contributed by atoms with Gasteiger partial charge in [-0.3, -0.25) is 4.79 Å². The summed E-state index contributed by atoms with van der Waals surface area (Å²) in [5.74, 6) is 2.27. The van der Waals surface area contributed by atoms with Gasteiger partial charge in [0, 0.05) is 16.1 Å². The Morgan fingerprint density at radius 1 is 0.838 bits per heavy atom. The first-order chi connectivity index (χ1) is 17.7. The first-order valence-electron chi connectivity index (χ1n) is 12.0. The lowest BCUT2D eigenvalue weighted by molar-refractivity contribution is 0.102. The van der Waals surface area contributed by atoms with Crippen molar-refractivity contribution in [2.75, 3.05) is 12.4 Å². The molecule has 5 nitrogen and oxygen atoms in total. The second kappa shape index (κ2) is 11.4. The van der Waals surface area contributed by atoms with Crippen LogP contribution in [0.5, 0.6) is 23.0 Å². The topological polar surface area (TPSA) is 56.8 Å². The number of anilines is 1. The number of hydrogen-bond donors (Lipinski definition) is 1. The molecule has 0 radical (unpaired) electrons. The van der Waals surface area contributed by atoms with E-state index in [1.807, 2.05) is 48.5 Å². The number of hydrogen-bond acceptors (Lipinski definition) is 4. The predicted octanol–water partition coefficient (Wildman–Crippen LogP) is 8.27. The second-order valence-corrected chi connectivity index (χ2v) is 10.0. The Kier molecular flexibility index (Phi) is 8.04. The zero-order valence-electron chi connectivity index (χ0n) is 21.4. The lowest BCUT2D eigenvalue weighted by Gasteiger charge is -2.23. The van der Waals surface area contributed by atoms with Crippen LogP contribution in [-0.2, 0) is 12.0 Å². The standard InChI is InChI=1S/C31H30ClNO4/c1-31(2,3)25-12-8-9-13-28(25)36-20-22-18-21(14-16-27(22)35-4)30(34)33-26-19-23(32)15-17-29(26)37-24-10-6-5-7-11-24/h5-19H,20H2,1-4H3,(H,33,34). The molecule has 4 aromatic carbocycles. The minimum Gasteiger partial charge on any atom is -0.496 e. The lowest BCUT2D eigenvalue weighted by Crippen LogP contribution is -2.14. The Morgan fingerprint density at radius 3 is 2.27 bits per heavy atom. The van der Waals surface area contributed by atoms with Crippen LogP contribution in [-0.4, -0.2) is 13.0 Å². The van der Waals surface area contributed by atoms with Gasteiger partial charge in [0.1, 0.15) is 23.9 Å². The van der Waals surface area contributed by atoms with E-state index in [9.17, 15) is 4.79 Å². The molecule has 0 aliphatic heterocycles. The minimum absolute atomic E-state index is 0.0705. The third kappa shape index (κ3) is 6.63. The molecule has 0 aliphatic rings. The van der Waals surface area contributed by atoms with Crippen molar-refractivity contribution in [3.8, 4) is 23.0 Å². The van der Waals surface area contributed by atoms with Gasteiger partial charge < -0.3 is 19.5 Å². The van der Waals surface area contributed by atoms with Gasteiger partial charge in [-0.25, -0.2) is 0 Å². The molecule has 4 aromatic rings. The Bertz CT molecular complexity index is 1380. The van der Waals surface area contributed by atoms with Crippen LogP contribution in [0.4, 0.5) is 5.69 Å². The Morgan fingerprint density at radius 2 is 1.54 bits per heavy atom. The van der Waals surface area contributed by atoms with E-state index in [1.165, 1.54) is 0 Å². The summed E-state index contributed by atoms with van der Waals surface area (Å²) in [7, 11) is 1.60. The van der Waals surface area contributed by atoms with Crippen molar-refractivity contribution in [2.24, 2.45) is 0 Å². The van der Waals surface area contributed by atoms with Crippen LogP contribution in [0, 0.1) is 0 Å². The first kappa shape index (κ1) is 26.1. The minimum atomic E-state index is -0.306. The number of para-hydroxylation sites is 2. The fourth-order valence-corrected chi connectivity index (χ4v) is 4.07. The maximum absolute atomic E-state index is 13.3. The van der Waals surface area contributed by atoms with E-state index < -0.39 is 0 Å². The molecule has 1 N–H and O–H groups in total. The van der Waals surface area contributed by atoms with E-state index in [0.717, 1.165) is 16.9 Å². The normalized spacial score (nSPS) is 11.1. The second-order valence-electron chi connectivity index (χ2n) is 9.57. The highest BCUT2D eigenvalue weighted by Crippen LogP contribution is 2.34. The largest absolute Gasteiger partial charge is 0.496 e. The molecule has 0 spiro atoms. The molecule has 0 saturated carbocycles. The summed E-state index contributed by atoms with van der Waals surface area (Å²) in [6.45, 7) is 6.68. The molecule has 0 unspecified atom stereocenters. The van der Waals surface area contributed by atoms with Crippen molar-refractivity contribution < 1.29 is 19.0 Å². The highest BCUT2D eigenvalue weighted by Gasteiger charge is 2.19. The first-order valence-corrected chi connectivity index (χ1v) is 12.4. The Balaban J connectivity index is 1.56. The number of nitrogens with one attached hydrogen (secondary N) is 1. The van der Waals surface area contributed by atoms with Crippen molar-refractivity contribution in [2.45, 2.75) is 32.8 Å². The van der Waals surface area contributed by atoms with Crippen LogP contribution in [0.3, 0.4) is 0 Å². The van der Waals surface area contributed by atoms with Gasteiger partial charge in [-0.15, -0.1) is 0 Å². The van der Waals surface area contributed by atoms with E-state index in [2.05, 4.69) is 32.2 Å². The quantitative estimate of drug-likeness (QED) is 0.256. The van der Waals surface area contributed by atoms with Gasteiger partial charge in [0.25, 0.3) is 5.91 Å². The van der Waals surface area contributed by atoms with Crippen molar-refractivity contribution in [1.82, 2.24) is 0 Å². The van der Waals surface area contributed by atoms with E-state index in [0.29, 0.717) is 33.5 Å². The van der Waals surface area contributed by atoms with Crippen LogP contribution < -0.4 is 19.5 Å². The van der Waals surface area contributed by atoms with Crippen LogP contribution in [0.2, 0.25) is 5.02 Å².